The molecule has 0 spiro atoms. The second kappa shape index (κ2) is 7.86. The maximum Gasteiger partial charge on any atom is 0.262 e. The molecule has 0 aliphatic heterocycles. The third kappa shape index (κ3) is 4.75. The molecule has 0 saturated heterocycles. The summed E-state index contributed by atoms with van der Waals surface area (Å²) < 4.78 is 11.3. The molecule has 0 aliphatic rings. The van der Waals surface area contributed by atoms with Crippen molar-refractivity contribution >= 4 is 11.6 Å². The average molecular weight is 327 g/mol. The fourth-order valence-corrected chi connectivity index (χ4v) is 2.39. The Morgan fingerprint density at radius 3 is 2.25 bits per heavy atom. The monoisotopic (exact) mass is 327 g/mol. The number of carbonyl (C=O) groups excluding carboxylic acids is 1. The molecule has 0 bridgehead atoms. The Labute approximate surface area is 143 Å². The van der Waals surface area contributed by atoms with Crippen molar-refractivity contribution in [3.8, 4) is 11.5 Å². The van der Waals surface area contributed by atoms with Gasteiger partial charge >= 0.3 is 0 Å². The van der Waals surface area contributed by atoms with Gasteiger partial charge in [0.05, 0.1) is 12.3 Å². The van der Waals surface area contributed by atoms with E-state index in [1.807, 2.05) is 55.5 Å². The lowest BCUT2D eigenvalue weighted by Crippen LogP contribution is -2.22. The summed E-state index contributed by atoms with van der Waals surface area (Å²) in [6.07, 6.45) is 0. The molecule has 4 nitrogen and oxygen atoms in total. The third-order valence-electron chi connectivity index (χ3n) is 3.51. The second-order valence-corrected chi connectivity index (χ2v) is 6.51. The van der Waals surface area contributed by atoms with Crippen LogP contribution in [0, 0.1) is 0 Å². The molecule has 0 aromatic heterocycles. The van der Waals surface area contributed by atoms with Crippen LogP contribution in [-0.2, 0) is 10.2 Å². The van der Waals surface area contributed by atoms with E-state index in [1.54, 1.807) is 0 Å². The highest BCUT2D eigenvalue weighted by molar-refractivity contribution is 5.93. The van der Waals surface area contributed by atoms with Crippen LogP contribution in [0.2, 0.25) is 0 Å². The molecule has 1 amide bonds. The van der Waals surface area contributed by atoms with Crippen molar-refractivity contribution in [2.24, 2.45) is 0 Å². The van der Waals surface area contributed by atoms with Crippen molar-refractivity contribution in [2.45, 2.75) is 33.1 Å². The molecule has 0 saturated carbocycles. The van der Waals surface area contributed by atoms with E-state index in [0.717, 1.165) is 11.3 Å². The average Bonchev–Trinajstić information content (AvgIpc) is 2.54. The molecule has 1 N–H and O–H groups in total. The van der Waals surface area contributed by atoms with Gasteiger partial charge in [-0.3, -0.25) is 4.79 Å². The standard InChI is InChI=1S/C20H25NO3/c1-5-23-18-13-9-7-11-16(18)21-19(22)14-24-17-12-8-6-10-15(17)20(2,3)4/h6-13H,5,14H2,1-4H3,(H,21,22). The van der Waals surface area contributed by atoms with Crippen LogP contribution in [0.25, 0.3) is 0 Å². The van der Waals surface area contributed by atoms with Gasteiger partial charge in [-0.2, -0.15) is 0 Å². The first-order valence-corrected chi connectivity index (χ1v) is 8.16. The van der Waals surface area contributed by atoms with E-state index in [4.69, 9.17) is 9.47 Å². The number of hydrogen-bond acceptors (Lipinski definition) is 3. The first-order chi connectivity index (χ1) is 11.4. The molecule has 24 heavy (non-hydrogen) atoms. The topological polar surface area (TPSA) is 47.6 Å². The van der Waals surface area contributed by atoms with E-state index < -0.39 is 0 Å². The molecule has 128 valence electrons. The molecule has 0 radical (unpaired) electrons. The maximum atomic E-state index is 12.2. The molecule has 2 rings (SSSR count). The van der Waals surface area contributed by atoms with Crippen molar-refractivity contribution in [1.29, 1.82) is 0 Å². The Bertz CT molecular complexity index is 689. The lowest BCUT2D eigenvalue weighted by molar-refractivity contribution is -0.118. The van der Waals surface area contributed by atoms with E-state index in [-0.39, 0.29) is 17.9 Å². The van der Waals surface area contributed by atoms with Crippen LogP contribution >= 0.6 is 0 Å². The summed E-state index contributed by atoms with van der Waals surface area (Å²) in [5.41, 5.74) is 1.68. The minimum atomic E-state index is -0.217. The van der Waals surface area contributed by atoms with Gasteiger partial charge in [-0.25, -0.2) is 0 Å². The fraction of sp³-hybridized carbons (Fsp3) is 0.350. The van der Waals surface area contributed by atoms with Gasteiger partial charge in [-0.15, -0.1) is 0 Å². The highest BCUT2D eigenvalue weighted by atomic mass is 16.5. The van der Waals surface area contributed by atoms with Gasteiger partial charge in [-0.1, -0.05) is 51.1 Å². The number of nitrogens with one attached hydrogen (secondary N) is 1. The first-order valence-electron chi connectivity index (χ1n) is 8.16. The highest BCUT2D eigenvalue weighted by Crippen LogP contribution is 2.31. The summed E-state index contributed by atoms with van der Waals surface area (Å²) in [5, 5.41) is 2.83. The summed E-state index contributed by atoms with van der Waals surface area (Å²) in [7, 11) is 0. The van der Waals surface area contributed by atoms with Crippen LogP contribution in [0.3, 0.4) is 0 Å². The number of rotatable bonds is 6. The number of ether oxygens (including phenoxy) is 2. The van der Waals surface area contributed by atoms with E-state index in [2.05, 4.69) is 26.1 Å². The van der Waals surface area contributed by atoms with Crippen LogP contribution in [0.4, 0.5) is 5.69 Å². The Morgan fingerprint density at radius 2 is 1.58 bits per heavy atom. The van der Waals surface area contributed by atoms with Crippen molar-refractivity contribution in [3.63, 3.8) is 0 Å². The fourth-order valence-electron chi connectivity index (χ4n) is 2.39. The van der Waals surface area contributed by atoms with Crippen LogP contribution in [0.5, 0.6) is 11.5 Å². The summed E-state index contributed by atoms with van der Waals surface area (Å²) in [5.74, 6) is 1.17. The second-order valence-electron chi connectivity index (χ2n) is 6.51. The van der Waals surface area contributed by atoms with E-state index in [9.17, 15) is 4.79 Å². The van der Waals surface area contributed by atoms with E-state index in [0.29, 0.717) is 18.0 Å². The number of para-hydroxylation sites is 3. The normalized spacial score (nSPS) is 11.0. The molecule has 0 aliphatic carbocycles. The molecular weight excluding hydrogens is 302 g/mol. The Balaban J connectivity index is 2.02. The molecule has 0 heterocycles. The van der Waals surface area contributed by atoms with E-state index >= 15 is 0 Å². The molecule has 0 atom stereocenters. The number of anilines is 1. The molecule has 4 heteroatoms. The van der Waals surface area contributed by atoms with Gasteiger partial charge < -0.3 is 14.8 Å². The van der Waals surface area contributed by atoms with Gasteiger partial charge in [-0.05, 0) is 36.1 Å². The number of benzene rings is 2. The van der Waals surface area contributed by atoms with Crippen molar-refractivity contribution in [1.82, 2.24) is 0 Å². The van der Waals surface area contributed by atoms with Crippen LogP contribution in [0.15, 0.2) is 48.5 Å². The summed E-state index contributed by atoms with van der Waals surface area (Å²) in [6.45, 7) is 8.76. The van der Waals surface area contributed by atoms with Crippen LogP contribution in [-0.4, -0.2) is 19.1 Å². The van der Waals surface area contributed by atoms with Gasteiger partial charge in [0, 0.05) is 0 Å². The first kappa shape index (κ1) is 17.9. The quantitative estimate of drug-likeness (QED) is 0.855. The Hall–Kier alpha value is -2.49. The van der Waals surface area contributed by atoms with Crippen molar-refractivity contribution in [2.75, 3.05) is 18.5 Å². The van der Waals surface area contributed by atoms with Crippen molar-refractivity contribution < 1.29 is 14.3 Å². The highest BCUT2D eigenvalue weighted by Gasteiger charge is 2.19. The number of carbonyl (C=O) groups is 1. The predicted molar refractivity (Wildman–Crippen MR) is 96.9 cm³/mol. The lowest BCUT2D eigenvalue weighted by Gasteiger charge is -2.22. The number of hydrogen-bond donors (Lipinski definition) is 1. The van der Waals surface area contributed by atoms with Gasteiger partial charge in [0.15, 0.2) is 6.61 Å². The smallest absolute Gasteiger partial charge is 0.262 e. The SMILES string of the molecule is CCOc1ccccc1NC(=O)COc1ccccc1C(C)(C)C. The summed E-state index contributed by atoms with van der Waals surface area (Å²) in [6, 6.07) is 15.2. The Kier molecular flexibility index (Phi) is 5.85. The minimum absolute atomic E-state index is 0.0470. The maximum absolute atomic E-state index is 12.2. The summed E-state index contributed by atoms with van der Waals surface area (Å²) >= 11 is 0. The minimum Gasteiger partial charge on any atom is -0.492 e. The molecular formula is C20H25NO3. The summed E-state index contributed by atoms with van der Waals surface area (Å²) in [4.78, 5) is 12.2. The van der Waals surface area contributed by atoms with Crippen LogP contribution in [0.1, 0.15) is 33.3 Å². The van der Waals surface area contributed by atoms with Gasteiger partial charge in [0.2, 0.25) is 0 Å². The lowest BCUT2D eigenvalue weighted by atomic mass is 9.86. The van der Waals surface area contributed by atoms with E-state index in [1.165, 1.54) is 0 Å². The zero-order valence-corrected chi connectivity index (χ0v) is 14.8. The van der Waals surface area contributed by atoms with Crippen molar-refractivity contribution in [3.05, 3.63) is 54.1 Å². The Morgan fingerprint density at radius 1 is 0.958 bits per heavy atom. The molecule has 2 aromatic rings. The van der Waals surface area contributed by atoms with Crippen LogP contribution < -0.4 is 14.8 Å². The largest absolute Gasteiger partial charge is 0.492 e. The van der Waals surface area contributed by atoms with Gasteiger partial charge in [0.1, 0.15) is 11.5 Å². The van der Waals surface area contributed by atoms with Gasteiger partial charge in [0.25, 0.3) is 5.91 Å². The number of amides is 1. The molecule has 2 aromatic carbocycles. The molecule has 0 unspecified atom stereocenters. The zero-order chi connectivity index (χ0) is 17.6. The third-order valence-corrected chi connectivity index (χ3v) is 3.51. The predicted octanol–water partition coefficient (Wildman–Crippen LogP) is 4.40. The molecule has 0 fully saturated rings. The zero-order valence-electron chi connectivity index (χ0n) is 14.8.